The second-order valence-corrected chi connectivity index (χ2v) is 17.2. The molecule has 2 aliphatic rings. The SMILES string of the molecule is C=C1C(=O)N(c2cc(C)c(C)c(OC)c2)[C@H]1c1ccc(C)c(N)c1.C=C1C(=O)N(c2cc(C)c(C)c(OC)c2)[C@H]1c1ccc(C)c(NS(N)(=O)=O)c1.NS(=O)(=O)Cl.[2H]CC. The van der Waals surface area contributed by atoms with E-state index in [1.807, 2.05) is 83.1 Å². The molecule has 59 heavy (non-hydrogen) atoms. The van der Waals surface area contributed by atoms with Crippen molar-refractivity contribution in [2.75, 3.05) is 34.5 Å². The van der Waals surface area contributed by atoms with Gasteiger partial charge < -0.3 is 15.2 Å². The predicted octanol–water partition coefficient (Wildman–Crippen LogP) is 7.18. The topological polar surface area (TPSA) is 217 Å². The number of rotatable bonds is 8. The number of nitrogen functional groups attached to an aromatic ring is 1. The van der Waals surface area contributed by atoms with Crippen LogP contribution in [0.5, 0.6) is 11.5 Å². The fourth-order valence-corrected chi connectivity index (χ4v) is 6.94. The largest absolute Gasteiger partial charge is 0.496 e. The van der Waals surface area contributed by atoms with Crippen molar-refractivity contribution in [2.24, 2.45) is 10.3 Å². The Morgan fingerprint density at radius 2 is 1.07 bits per heavy atom. The Kier molecular flexibility index (Phi) is 15.0. The molecule has 2 fully saturated rings. The van der Waals surface area contributed by atoms with E-state index in [2.05, 4.69) is 33.7 Å². The van der Waals surface area contributed by atoms with Crippen molar-refractivity contribution in [2.45, 2.75) is 67.4 Å². The molecule has 17 heteroatoms. The summed E-state index contributed by atoms with van der Waals surface area (Å²) >= 11 is 0. The standard InChI is InChI=1S/C20H23N3O4S.C20H22N2O2.C2H6.ClH2NO2S/c1-11-6-7-15(9-17(11)22-28(21,25)26)19-14(4)20(24)23(19)16-8-12(2)13(3)18(10-16)27-5;1-11-6-7-15(9-17(11)21)19-14(4)20(23)22(19)16-8-12(2)13(3)18(10-16)24-5;1-2;1-5(2,3)4/h6-10,19,22H,4H2,1-3,5H3,(H2,21,25,26);6-10,19H,4,21H2,1-3,5H3;1-2H3;(H2,2,3,4)/t2*19-;;/m11../s1/i;;1D;. The third-order valence-electron chi connectivity index (χ3n) is 9.82. The maximum absolute atomic E-state index is 12.6. The summed E-state index contributed by atoms with van der Waals surface area (Å²) < 4.78 is 60.6. The number of nitrogens with one attached hydrogen (secondary N) is 1. The molecule has 7 N–H and O–H groups in total. The Morgan fingerprint density at radius 3 is 1.42 bits per heavy atom. The number of aryl methyl sites for hydroxylation is 4. The van der Waals surface area contributed by atoms with Gasteiger partial charge >= 0.3 is 0 Å². The zero-order valence-corrected chi connectivity index (χ0v) is 37.0. The number of carbonyl (C=O) groups is 2. The van der Waals surface area contributed by atoms with Gasteiger partial charge in [-0.2, -0.15) is 16.8 Å². The third-order valence-corrected chi connectivity index (χ3v) is 10.3. The smallest absolute Gasteiger partial charge is 0.296 e. The first kappa shape index (κ1) is 46.3. The maximum atomic E-state index is 12.6. The lowest BCUT2D eigenvalue weighted by atomic mass is 9.87. The number of ether oxygens (including phenoxy) is 2. The van der Waals surface area contributed by atoms with Crippen LogP contribution in [0.1, 0.15) is 71.8 Å². The Balaban J connectivity index is 0.000000274. The molecule has 2 saturated heterocycles. The number of halogens is 1. The average molecular weight is 871 g/mol. The van der Waals surface area contributed by atoms with Crippen LogP contribution >= 0.6 is 10.7 Å². The van der Waals surface area contributed by atoms with E-state index < -0.39 is 25.5 Å². The molecule has 6 rings (SSSR count). The molecule has 318 valence electrons. The van der Waals surface area contributed by atoms with Crippen molar-refractivity contribution in [3.05, 3.63) is 129 Å². The molecule has 0 aliphatic carbocycles. The second kappa shape index (κ2) is 19.1. The number of carbonyl (C=O) groups excluding carboxylic acids is 2. The first-order valence-electron chi connectivity index (χ1n) is 18.6. The highest BCUT2D eigenvalue weighted by Gasteiger charge is 2.44. The Labute approximate surface area is 353 Å². The van der Waals surface area contributed by atoms with Gasteiger partial charge in [0.1, 0.15) is 11.5 Å². The molecule has 2 heterocycles. The Morgan fingerprint density at radius 1 is 0.695 bits per heavy atom. The molecular weight excluding hydrogens is 816 g/mol. The van der Waals surface area contributed by atoms with Crippen molar-refractivity contribution in [3.63, 3.8) is 0 Å². The van der Waals surface area contributed by atoms with E-state index in [1.54, 1.807) is 50.0 Å². The first-order chi connectivity index (χ1) is 27.8. The van der Waals surface area contributed by atoms with Gasteiger partial charge in [-0.05, 0) is 110 Å². The predicted molar refractivity (Wildman–Crippen MR) is 237 cm³/mol. The molecule has 2 amide bonds. The summed E-state index contributed by atoms with van der Waals surface area (Å²) in [5, 5.41) is 9.20. The number of nitrogens with two attached hydrogens (primary N) is 3. The van der Waals surface area contributed by atoms with Gasteiger partial charge in [0.05, 0.1) is 32.0 Å². The van der Waals surface area contributed by atoms with Crippen LogP contribution in [0.3, 0.4) is 0 Å². The van der Waals surface area contributed by atoms with Crippen LogP contribution in [-0.2, 0) is 29.0 Å². The zero-order chi connectivity index (χ0) is 45.6. The number of β-lactam (4-membered cyclic amide) rings is 2. The molecular formula is C42H53ClN6O8S2. The third kappa shape index (κ3) is 11.2. The van der Waals surface area contributed by atoms with Crippen molar-refractivity contribution < 1.29 is 37.3 Å². The molecule has 0 aromatic heterocycles. The lowest BCUT2D eigenvalue weighted by molar-refractivity contribution is -0.119. The van der Waals surface area contributed by atoms with E-state index in [1.165, 1.54) is 0 Å². The van der Waals surface area contributed by atoms with Crippen LogP contribution in [0.15, 0.2) is 85.0 Å². The highest BCUT2D eigenvalue weighted by Crippen LogP contribution is 2.46. The Hall–Kier alpha value is -5.39. The van der Waals surface area contributed by atoms with Crippen LogP contribution in [0, 0.1) is 41.5 Å². The zero-order valence-electron chi connectivity index (χ0n) is 35.6. The second-order valence-electron chi connectivity index (χ2n) is 13.7. The minimum absolute atomic E-state index is 0.0653. The number of benzene rings is 4. The summed E-state index contributed by atoms with van der Waals surface area (Å²) in [7, 11) is -0.0963. The number of anilines is 4. The molecule has 2 atom stereocenters. The molecule has 14 nitrogen and oxygen atoms in total. The van der Waals surface area contributed by atoms with Crippen LogP contribution in [0.2, 0.25) is 0 Å². The fraction of sp³-hybridized carbons (Fsp3) is 0.286. The lowest BCUT2D eigenvalue weighted by Gasteiger charge is -2.43. The van der Waals surface area contributed by atoms with Crippen molar-refractivity contribution >= 4 is 64.7 Å². The number of methoxy groups -OCH3 is 2. The van der Waals surface area contributed by atoms with Gasteiger partial charge in [-0.1, -0.05) is 51.2 Å². The van der Waals surface area contributed by atoms with Gasteiger partial charge in [-0.15, -0.1) is 0 Å². The van der Waals surface area contributed by atoms with Gasteiger partial charge in [0.2, 0.25) is 0 Å². The molecule has 0 spiro atoms. The highest BCUT2D eigenvalue weighted by atomic mass is 35.7. The van der Waals surface area contributed by atoms with E-state index >= 15 is 0 Å². The first-order valence-corrected chi connectivity index (χ1v) is 21.9. The van der Waals surface area contributed by atoms with Crippen LogP contribution in [0.25, 0.3) is 0 Å². The van der Waals surface area contributed by atoms with E-state index in [9.17, 15) is 26.4 Å². The summed E-state index contributed by atoms with van der Waals surface area (Å²) in [6, 6.07) is 18.2. The monoisotopic (exact) mass is 869 g/mol. The van der Waals surface area contributed by atoms with E-state index in [0.29, 0.717) is 40.7 Å². The number of hydrogen-bond acceptors (Lipinski definition) is 9. The maximum Gasteiger partial charge on any atom is 0.296 e. The summed E-state index contributed by atoms with van der Waals surface area (Å²) in [4.78, 5) is 28.4. The highest BCUT2D eigenvalue weighted by molar-refractivity contribution is 8.11. The molecule has 4 aromatic rings. The van der Waals surface area contributed by atoms with Gasteiger partial charge in [0.25, 0.3) is 31.3 Å². The lowest BCUT2D eigenvalue weighted by Crippen LogP contribution is -2.49. The molecule has 0 radical (unpaired) electrons. The number of hydrogen-bond donors (Lipinski definition) is 4. The van der Waals surface area contributed by atoms with Gasteiger partial charge in [-0.25, -0.2) is 10.3 Å². The fourth-order valence-electron chi connectivity index (χ4n) is 6.41. The minimum Gasteiger partial charge on any atom is -0.496 e. The number of amides is 2. The van der Waals surface area contributed by atoms with E-state index in [0.717, 1.165) is 56.1 Å². The molecule has 4 aromatic carbocycles. The van der Waals surface area contributed by atoms with Crippen molar-refractivity contribution in [1.29, 1.82) is 0 Å². The summed E-state index contributed by atoms with van der Waals surface area (Å²) in [5.41, 5.74) is 17.3. The molecule has 2 aliphatic heterocycles. The Bertz CT molecular complexity index is 2540. The minimum atomic E-state index is -3.91. The van der Waals surface area contributed by atoms with Gasteiger partial charge in [0.15, 0.2) is 0 Å². The summed E-state index contributed by atoms with van der Waals surface area (Å²) in [6.45, 7) is 21.8. The van der Waals surface area contributed by atoms with Crippen LogP contribution in [-0.4, -0.2) is 42.9 Å². The molecule has 0 saturated carbocycles. The van der Waals surface area contributed by atoms with Crippen molar-refractivity contribution in [1.82, 2.24) is 0 Å². The van der Waals surface area contributed by atoms with Crippen molar-refractivity contribution in [3.8, 4) is 11.5 Å². The van der Waals surface area contributed by atoms with E-state index in [-0.39, 0.29) is 17.9 Å². The van der Waals surface area contributed by atoms with Crippen LogP contribution < -0.4 is 40.0 Å². The van der Waals surface area contributed by atoms with Gasteiger partial charge in [0, 0.05) is 52.4 Å². The van der Waals surface area contributed by atoms with E-state index in [4.69, 9.17) is 21.7 Å². The molecule has 0 unspecified atom stereocenters. The number of nitrogens with zero attached hydrogens (tertiary/aromatic N) is 2. The normalized spacial score (nSPS) is 16.2. The molecule has 0 bridgehead atoms. The summed E-state index contributed by atoms with van der Waals surface area (Å²) in [6.07, 6.45) is 0. The summed E-state index contributed by atoms with van der Waals surface area (Å²) in [5.74, 6) is 1.22. The quantitative estimate of drug-likeness (QED) is 0.0609. The average Bonchev–Trinajstić information content (AvgIpc) is 3.15. The van der Waals surface area contributed by atoms with Gasteiger partial charge in [-0.3, -0.25) is 24.1 Å². The van der Waals surface area contributed by atoms with Crippen LogP contribution in [0.4, 0.5) is 22.7 Å².